The van der Waals surface area contributed by atoms with Crippen LogP contribution in [0.15, 0.2) is 96.1 Å². The third-order valence-electron chi connectivity index (χ3n) is 11.1. The molecule has 1 aliphatic heterocycles. The molecule has 0 aliphatic carbocycles. The van der Waals surface area contributed by atoms with E-state index in [0.29, 0.717) is 0 Å². The van der Waals surface area contributed by atoms with Gasteiger partial charge in [-0.25, -0.2) is 4.70 Å². The summed E-state index contributed by atoms with van der Waals surface area (Å²) in [5.41, 5.74) is 31.0. The van der Waals surface area contributed by atoms with E-state index in [1.807, 2.05) is 60.7 Å². The zero-order valence-electron chi connectivity index (χ0n) is 38.4. The van der Waals surface area contributed by atoms with Crippen molar-refractivity contribution in [2.45, 2.75) is 171 Å². The second kappa shape index (κ2) is 28.8. The molecule has 0 atom stereocenters. The average molecular weight is 886 g/mol. The zero-order chi connectivity index (χ0) is 42.3. The molecule has 322 valence electrons. The molecule has 59 heavy (non-hydrogen) atoms. The number of allylic oxidation sites excluding steroid dienone is 2. The fourth-order valence-corrected chi connectivity index (χ4v) is 8.43. The summed E-state index contributed by atoms with van der Waals surface area (Å²) in [6.45, 7) is 25.8. The molecule has 5 rings (SSSR count). The summed E-state index contributed by atoms with van der Waals surface area (Å²) in [4.78, 5) is 0. The maximum Gasteiger partial charge on any atom is 2.00 e. The molecule has 4 aromatic rings. The molecule has 3 heteroatoms. The van der Waals surface area contributed by atoms with Crippen LogP contribution in [-0.4, -0.2) is 4.70 Å². The molecule has 0 saturated heterocycles. The van der Waals surface area contributed by atoms with Crippen molar-refractivity contribution in [2.75, 3.05) is 0 Å². The summed E-state index contributed by atoms with van der Waals surface area (Å²) >= 11 is 0. The van der Waals surface area contributed by atoms with Gasteiger partial charge < -0.3 is 5.53 Å². The Morgan fingerprint density at radius 1 is 0.407 bits per heavy atom. The second-order valence-corrected chi connectivity index (χ2v) is 16.2. The minimum absolute atomic E-state index is 0. The Labute approximate surface area is 376 Å². The van der Waals surface area contributed by atoms with Gasteiger partial charge in [-0.15, -0.1) is 24.3 Å². The third-order valence-corrected chi connectivity index (χ3v) is 11.1. The van der Waals surface area contributed by atoms with Crippen LogP contribution in [0.4, 0.5) is 0 Å². The minimum Gasteiger partial charge on any atom is -0.493 e. The fraction of sp³-hybridized carbons (Fsp3) is 0.464. The van der Waals surface area contributed by atoms with Crippen LogP contribution in [0.3, 0.4) is 0 Å². The van der Waals surface area contributed by atoms with Gasteiger partial charge in [0.1, 0.15) is 0 Å². The van der Waals surface area contributed by atoms with Gasteiger partial charge in [-0.05, 0) is 122 Å². The molecule has 0 amide bonds. The van der Waals surface area contributed by atoms with Gasteiger partial charge in [0.15, 0.2) is 0 Å². The number of rotatable bonds is 20. The number of benzene rings is 4. The van der Waals surface area contributed by atoms with Gasteiger partial charge in [0.05, 0.1) is 0 Å². The Kier molecular flexibility index (Phi) is 25.1. The summed E-state index contributed by atoms with van der Waals surface area (Å²) in [5, 5.41) is 0. The van der Waals surface area contributed by atoms with Gasteiger partial charge in [0.2, 0.25) is 11.4 Å². The summed E-state index contributed by atoms with van der Waals surface area (Å²) in [7, 11) is 0. The normalized spacial score (nSPS) is 12.2. The Morgan fingerprint density at radius 2 is 0.695 bits per heavy atom. The van der Waals surface area contributed by atoms with Gasteiger partial charge in [-0.3, -0.25) is 0 Å². The minimum atomic E-state index is 0. The van der Waals surface area contributed by atoms with E-state index in [9.17, 15) is 5.53 Å². The average Bonchev–Trinajstić information content (AvgIpc) is 3.50. The summed E-state index contributed by atoms with van der Waals surface area (Å²) in [5.74, 6) is 0. The smallest absolute Gasteiger partial charge is 0.493 e. The molecular weight excluding hydrogens is 807 g/mol. The predicted molar refractivity (Wildman–Crippen MR) is 255 cm³/mol. The molecule has 0 spiro atoms. The number of hydrogen-bond donors (Lipinski definition) is 0. The number of aryl methyl sites for hydroxylation is 4. The van der Waals surface area contributed by atoms with Crippen molar-refractivity contribution >= 4 is 11.4 Å². The second-order valence-electron chi connectivity index (χ2n) is 16.2. The van der Waals surface area contributed by atoms with Crippen molar-refractivity contribution in [2.24, 2.45) is 0 Å². The van der Waals surface area contributed by atoms with Gasteiger partial charge in [-0.1, -0.05) is 119 Å². The molecule has 0 radical (unpaired) electrons. The van der Waals surface area contributed by atoms with E-state index in [1.54, 1.807) is 15.8 Å². The zero-order valence-corrected chi connectivity index (χ0v) is 40.0. The Hall–Kier alpha value is -3.64. The predicted octanol–water partition coefficient (Wildman–Crippen LogP) is 16.7. The van der Waals surface area contributed by atoms with Crippen LogP contribution in [0.2, 0.25) is 0 Å². The Morgan fingerprint density at radius 3 is 0.915 bits per heavy atom. The van der Waals surface area contributed by atoms with E-state index < -0.39 is 0 Å². The third kappa shape index (κ3) is 15.4. The van der Waals surface area contributed by atoms with Crippen LogP contribution >= 0.6 is 0 Å². The van der Waals surface area contributed by atoms with Gasteiger partial charge in [0, 0.05) is 22.3 Å². The van der Waals surface area contributed by atoms with Crippen molar-refractivity contribution in [3.8, 4) is 0 Å². The maximum absolute atomic E-state index is 12.4. The Balaban J connectivity index is 0.000000667. The molecule has 4 aromatic carbocycles. The van der Waals surface area contributed by atoms with E-state index in [1.165, 1.54) is 57.4 Å². The molecule has 0 saturated carbocycles. The van der Waals surface area contributed by atoms with E-state index in [-0.39, 0.29) is 20.4 Å². The van der Waals surface area contributed by atoms with Crippen molar-refractivity contribution in [3.63, 3.8) is 0 Å². The SMILES string of the molecule is CCCCC1=C(c2cc(CCC)c(CCC)c(CCC)c2)[N+](=[N-])C(c2cc(CCC)c(CCC)c(CCC)c2)=C1CCCC.[CH2-]c1ccccc1.[CH2-]c1ccccc1.[Pd+2]. The fourth-order valence-electron chi connectivity index (χ4n) is 8.43. The first kappa shape index (κ1) is 51.5. The van der Waals surface area contributed by atoms with Crippen LogP contribution in [0.5, 0.6) is 0 Å². The largest absolute Gasteiger partial charge is 2.00 e. The molecule has 0 bridgehead atoms. The van der Waals surface area contributed by atoms with E-state index in [0.717, 1.165) is 125 Å². The van der Waals surface area contributed by atoms with Crippen LogP contribution in [0, 0.1) is 13.8 Å². The molecule has 0 fully saturated rings. The van der Waals surface area contributed by atoms with E-state index in [4.69, 9.17) is 0 Å². The van der Waals surface area contributed by atoms with Crippen molar-refractivity contribution in [1.29, 1.82) is 0 Å². The summed E-state index contributed by atoms with van der Waals surface area (Å²) in [6, 6.07) is 29.6. The first-order valence-electron chi connectivity index (χ1n) is 23.2. The molecule has 1 aliphatic rings. The van der Waals surface area contributed by atoms with Crippen molar-refractivity contribution in [1.82, 2.24) is 0 Å². The summed E-state index contributed by atoms with van der Waals surface area (Å²) < 4.78 is 1.65. The maximum atomic E-state index is 12.4. The molecule has 0 unspecified atom stereocenters. The van der Waals surface area contributed by atoms with Gasteiger partial charge >= 0.3 is 20.4 Å². The van der Waals surface area contributed by atoms with Crippen LogP contribution < -0.4 is 0 Å². The molecule has 0 aromatic heterocycles. The van der Waals surface area contributed by atoms with E-state index >= 15 is 0 Å². The molecule has 1 heterocycles. The van der Waals surface area contributed by atoms with Gasteiger partial charge in [-0.2, -0.15) is 49.2 Å². The van der Waals surface area contributed by atoms with Crippen molar-refractivity contribution in [3.05, 3.63) is 171 Å². The quantitative estimate of drug-likeness (QED) is 0.0480. The molecule has 0 N–H and O–H groups in total. The van der Waals surface area contributed by atoms with Crippen LogP contribution in [-0.2, 0) is 58.9 Å². The summed E-state index contributed by atoms with van der Waals surface area (Å²) in [6.07, 6.45) is 20.3. The first-order valence-corrected chi connectivity index (χ1v) is 23.2. The van der Waals surface area contributed by atoms with Crippen LogP contribution in [0.25, 0.3) is 16.9 Å². The molecular formula is C56H78N2Pd. The first-order chi connectivity index (χ1) is 28.2. The number of nitrogens with zero attached hydrogens (tertiary/aromatic N) is 2. The molecule has 2 nitrogen and oxygen atoms in total. The monoisotopic (exact) mass is 885 g/mol. The van der Waals surface area contributed by atoms with Gasteiger partial charge in [0.25, 0.3) is 0 Å². The van der Waals surface area contributed by atoms with E-state index in [2.05, 4.69) is 93.5 Å². The topological polar surface area (TPSA) is 25.3 Å². The number of unbranched alkanes of at least 4 members (excludes halogenated alkanes) is 2. The number of hydrogen-bond acceptors (Lipinski definition) is 0. The Bertz CT molecular complexity index is 1690. The van der Waals surface area contributed by atoms with Crippen molar-refractivity contribution < 1.29 is 25.1 Å². The standard InChI is InChI=1S/C42H64N2.2C7H7.Pd/c1-9-17-25-39-40(26-18-10-2)42(36-29-33(21-13-5)38(24-16-8)34(30-36)22-14-6)44(43)41(39)35-27-31(19-11-3)37(23-15-7)32(28-35)20-12-4;2*1-7-5-3-2-4-6-7;/h27-30H,9-26H2,1-8H3;2*2-6H,1H2;/q;2*-1;+2. The van der Waals surface area contributed by atoms with Crippen LogP contribution in [0.1, 0.15) is 188 Å².